The fourth-order valence-corrected chi connectivity index (χ4v) is 3.01. The van der Waals surface area contributed by atoms with Crippen molar-refractivity contribution in [2.24, 2.45) is 5.73 Å². The summed E-state index contributed by atoms with van der Waals surface area (Å²) < 4.78 is 5.79. The Kier molecular flexibility index (Phi) is 5.80. The quantitative estimate of drug-likeness (QED) is 0.797. The molecule has 1 atom stereocenters. The summed E-state index contributed by atoms with van der Waals surface area (Å²) in [6.45, 7) is 4.82. The predicted octanol–water partition coefficient (Wildman–Crippen LogP) is 1.33. The maximum absolute atomic E-state index is 11.1. The molecule has 3 N–H and O–H groups in total. The predicted molar refractivity (Wildman–Crippen MR) is 85.8 cm³/mol. The molecular weight excluding hydrogens is 280 g/mol. The minimum Gasteiger partial charge on any atom is -0.492 e. The number of nitrogens with two attached hydrogens (primary N) is 1. The van der Waals surface area contributed by atoms with Crippen LogP contribution < -0.4 is 10.5 Å². The molecule has 1 aliphatic heterocycles. The maximum Gasteiger partial charge on any atom is 0.220 e. The van der Waals surface area contributed by atoms with Crippen molar-refractivity contribution in [1.29, 1.82) is 0 Å². The first-order valence-corrected chi connectivity index (χ1v) is 7.95. The Hall–Kier alpha value is -1.59. The molecule has 0 spiro atoms. The second kappa shape index (κ2) is 7.61. The molecule has 1 amide bonds. The Morgan fingerprint density at radius 3 is 3.05 bits per heavy atom. The van der Waals surface area contributed by atoms with Gasteiger partial charge in [-0.3, -0.25) is 9.69 Å². The van der Waals surface area contributed by atoms with Crippen LogP contribution in [-0.4, -0.2) is 47.8 Å². The van der Waals surface area contributed by atoms with Crippen LogP contribution in [0.5, 0.6) is 5.75 Å². The van der Waals surface area contributed by atoms with Crippen molar-refractivity contribution in [2.45, 2.75) is 38.2 Å². The number of hydrogen-bond acceptors (Lipinski definition) is 4. The second-order valence-corrected chi connectivity index (χ2v) is 6.10. The van der Waals surface area contributed by atoms with Gasteiger partial charge in [-0.25, -0.2) is 0 Å². The lowest BCUT2D eigenvalue weighted by atomic mass is 9.89. The molecule has 1 saturated heterocycles. The number of piperidine rings is 1. The number of carbonyl (C=O) groups is 1. The van der Waals surface area contributed by atoms with Crippen LogP contribution in [-0.2, 0) is 11.2 Å². The Bertz CT molecular complexity index is 506. The minimum absolute atomic E-state index is 0.0307. The molecule has 1 fully saturated rings. The average Bonchev–Trinajstić information content (AvgIpc) is 2.46. The van der Waals surface area contributed by atoms with Crippen LogP contribution in [0.1, 0.15) is 31.7 Å². The first kappa shape index (κ1) is 16.8. The number of likely N-dealkylation sites (tertiary alicyclic amines) is 1. The molecule has 22 heavy (non-hydrogen) atoms. The van der Waals surface area contributed by atoms with Gasteiger partial charge in [0.25, 0.3) is 0 Å². The van der Waals surface area contributed by atoms with Crippen LogP contribution in [0.25, 0.3) is 0 Å². The SMILES string of the molecule is CCc1cccc(OCCN2CCCC(O)(CC(N)=O)C2)c1. The zero-order chi connectivity index (χ0) is 16.0. The molecule has 0 radical (unpaired) electrons. The molecule has 1 aliphatic rings. The highest BCUT2D eigenvalue weighted by molar-refractivity contribution is 5.75. The molecule has 2 rings (SSSR count). The van der Waals surface area contributed by atoms with Gasteiger partial charge in [-0.05, 0) is 43.5 Å². The van der Waals surface area contributed by atoms with E-state index < -0.39 is 11.5 Å². The third-order valence-corrected chi connectivity index (χ3v) is 4.12. The van der Waals surface area contributed by atoms with E-state index in [9.17, 15) is 9.90 Å². The summed E-state index contributed by atoms with van der Waals surface area (Å²) in [5, 5.41) is 10.4. The molecule has 5 nitrogen and oxygen atoms in total. The zero-order valence-electron chi connectivity index (χ0n) is 13.3. The Morgan fingerprint density at radius 2 is 2.32 bits per heavy atom. The van der Waals surface area contributed by atoms with Crippen molar-refractivity contribution >= 4 is 5.91 Å². The van der Waals surface area contributed by atoms with E-state index >= 15 is 0 Å². The van der Waals surface area contributed by atoms with Crippen molar-refractivity contribution in [3.63, 3.8) is 0 Å². The number of amides is 1. The van der Waals surface area contributed by atoms with Crippen molar-refractivity contribution in [3.05, 3.63) is 29.8 Å². The molecule has 1 aromatic rings. The van der Waals surface area contributed by atoms with E-state index in [0.29, 0.717) is 19.6 Å². The summed E-state index contributed by atoms with van der Waals surface area (Å²) in [6.07, 6.45) is 2.52. The molecule has 0 saturated carbocycles. The second-order valence-electron chi connectivity index (χ2n) is 6.10. The number of nitrogens with zero attached hydrogens (tertiary/aromatic N) is 1. The summed E-state index contributed by atoms with van der Waals surface area (Å²) in [5.74, 6) is 0.431. The smallest absolute Gasteiger partial charge is 0.220 e. The van der Waals surface area contributed by atoms with E-state index in [1.54, 1.807) is 0 Å². The fourth-order valence-electron chi connectivity index (χ4n) is 3.01. The van der Waals surface area contributed by atoms with Gasteiger partial charge in [-0.1, -0.05) is 19.1 Å². The number of carbonyl (C=O) groups excluding carboxylic acids is 1. The van der Waals surface area contributed by atoms with Gasteiger partial charge in [-0.2, -0.15) is 0 Å². The Morgan fingerprint density at radius 1 is 1.50 bits per heavy atom. The van der Waals surface area contributed by atoms with E-state index in [1.165, 1.54) is 5.56 Å². The minimum atomic E-state index is -0.980. The van der Waals surface area contributed by atoms with E-state index in [2.05, 4.69) is 24.0 Å². The first-order valence-electron chi connectivity index (χ1n) is 7.95. The molecule has 1 heterocycles. The number of β-amino-alcohol motifs (C(OH)–C–C–N with tert-alkyl or cyclic N) is 1. The van der Waals surface area contributed by atoms with Gasteiger partial charge in [-0.15, -0.1) is 0 Å². The number of benzene rings is 1. The number of aryl methyl sites for hydroxylation is 1. The van der Waals surface area contributed by atoms with Crippen LogP contribution in [0, 0.1) is 0 Å². The van der Waals surface area contributed by atoms with E-state index in [-0.39, 0.29) is 6.42 Å². The standard InChI is InChI=1S/C17H26N2O3/c1-2-14-5-3-6-15(11-14)22-10-9-19-8-4-7-17(21,13-19)12-16(18)20/h3,5-6,11,21H,2,4,7-10,12-13H2,1H3,(H2,18,20). The van der Waals surface area contributed by atoms with Crippen LogP contribution in [0.3, 0.4) is 0 Å². The number of primary amides is 1. The molecule has 1 aromatic carbocycles. The topological polar surface area (TPSA) is 75.8 Å². The van der Waals surface area contributed by atoms with Gasteiger partial charge in [0.05, 0.1) is 12.0 Å². The fraction of sp³-hybridized carbons (Fsp3) is 0.588. The summed E-state index contributed by atoms with van der Waals surface area (Å²) in [5.41, 5.74) is 5.49. The normalized spacial score (nSPS) is 22.5. The monoisotopic (exact) mass is 306 g/mol. The first-order chi connectivity index (χ1) is 10.5. The van der Waals surface area contributed by atoms with Gasteiger partial charge in [0.1, 0.15) is 12.4 Å². The molecule has 0 bridgehead atoms. The molecular formula is C17H26N2O3. The highest BCUT2D eigenvalue weighted by Gasteiger charge is 2.34. The lowest BCUT2D eigenvalue weighted by Crippen LogP contribution is -2.50. The summed E-state index contributed by atoms with van der Waals surface area (Å²) in [4.78, 5) is 13.2. The molecule has 0 aliphatic carbocycles. The number of rotatable bonds is 7. The van der Waals surface area contributed by atoms with Gasteiger partial charge in [0.15, 0.2) is 0 Å². The summed E-state index contributed by atoms with van der Waals surface area (Å²) >= 11 is 0. The lowest BCUT2D eigenvalue weighted by molar-refractivity contribution is -0.125. The van der Waals surface area contributed by atoms with E-state index in [0.717, 1.165) is 31.7 Å². The van der Waals surface area contributed by atoms with Gasteiger partial charge in [0, 0.05) is 13.1 Å². The van der Waals surface area contributed by atoms with Crippen LogP contribution in [0.2, 0.25) is 0 Å². The largest absolute Gasteiger partial charge is 0.492 e. The highest BCUT2D eigenvalue weighted by atomic mass is 16.5. The van der Waals surface area contributed by atoms with Crippen molar-refractivity contribution in [1.82, 2.24) is 4.90 Å². The molecule has 122 valence electrons. The van der Waals surface area contributed by atoms with Gasteiger partial charge < -0.3 is 15.6 Å². The van der Waals surface area contributed by atoms with Crippen LogP contribution in [0.15, 0.2) is 24.3 Å². The lowest BCUT2D eigenvalue weighted by Gasteiger charge is -2.38. The Labute approximate surface area is 132 Å². The maximum atomic E-state index is 11.1. The Balaban J connectivity index is 1.80. The zero-order valence-corrected chi connectivity index (χ0v) is 13.3. The third-order valence-electron chi connectivity index (χ3n) is 4.12. The van der Waals surface area contributed by atoms with Gasteiger partial charge in [0.2, 0.25) is 5.91 Å². The summed E-state index contributed by atoms with van der Waals surface area (Å²) in [7, 11) is 0. The molecule has 0 aromatic heterocycles. The average molecular weight is 306 g/mol. The van der Waals surface area contributed by atoms with Gasteiger partial charge >= 0.3 is 0 Å². The third kappa shape index (κ3) is 5.00. The van der Waals surface area contributed by atoms with Crippen molar-refractivity contribution < 1.29 is 14.6 Å². The molecule has 5 heteroatoms. The molecule has 1 unspecified atom stereocenters. The highest BCUT2D eigenvalue weighted by Crippen LogP contribution is 2.24. The van der Waals surface area contributed by atoms with Crippen LogP contribution in [0.4, 0.5) is 0 Å². The van der Waals surface area contributed by atoms with E-state index in [4.69, 9.17) is 10.5 Å². The van der Waals surface area contributed by atoms with Crippen molar-refractivity contribution in [2.75, 3.05) is 26.2 Å². The van der Waals surface area contributed by atoms with Crippen molar-refractivity contribution in [3.8, 4) is 5.75 Å². The number of ether oxygens (including phenoxy) is 1. The summed E-state index contributed by atoms with van der Waals surface area (Å²) in [6, 6.07) is 8.10. The van der Waals surface area contributed by atoms with Crippen LogP contribution >= 0.6 is 0 Å². The number of aliphatic hydroxyl groups is 1. The number of hydrogen-bond donors (Lipinski definition) is 2. The van der Waals surface area contributed by atoms with E-state index in [1.807, 2.05) is 12.1 Å².